The minimum atomic E-state index is 0.925. The van der Waals surface area contributed by atoms with E-state index in [2.05, 4.69) is 49.3 Å². The number of aromatic nitrogens is 2. The predicted octanol–water partition coefficient (Wildman–Crippen LogP) is 2.80. The van der Waals surface area contributed by atoms with Crippen molar-refractivity contribution in [2.75, 3.05) is 0 Å². The maximum absolute atomic E-state index is 4.54. The van der Waals surface area contributed by atoms with Crippen LogP contribution in [-0.2, 0) is 13.0 Å². The molecule has 78 valence electrons. The lowest BCUT2D eigenvalue weighted by Crippen LogP contribution is -1.99. The molecule has 0 radical (unpaired) electrons. The molecule has 0 spiro atoms. The fraction of sp³-hybridized carbons (Fsp3) is 0.308. The Kier molecular flexibility index (Phi) is 2.86. The van der Waals surface area contributed by atoms with Crippen molar-refractivity contribution in [2.24, 2.45) is 0 Å². The van der Waals surface area contributed by atoms with Crippen molar-refractivity contribution in [1.29, 1.82) is 0 Å². The van der Waals surface area contributed by atoms with Crippen LogP contribution in [0.25, 0.3) is 0 Å². The number of hydrogen-bond donors (Lipinski definition) is 0. The highest BCUT2D eigenvalue weighted by atomic mass is 15.3. The second kappa shape index (κ2) is 4.30. The lowest BCUT2D eigenvalue weighted by atomic mass is 10.1. The molecule has 1 aromatic heterocycles. The third-order valence-corrected chi connectivity index (χ3v) is 2.56. The molecule has 2 aromatic rings. The summed E-state index contributed by atoms with van der Waals surface area (Å²) < 4.78 is 2.04. The van der Waals surface area contributed by atoms with Gasteiger partial charge in [-0.1, -0.05) is 30.3 Å². The normalized spacial score (nSPS) is 10.5. The number of hydrogen-bond acceptors (Lipinski definition) is 1. The smallest absolute Gasteiger partial charge is 0.0671 e. The quantitative estimate of drug-likeness (QED) is 0.745. The molecular weight excluding hydrogens is 184 g/mol. The van der Waals surface area contributed by atoms with Gasteiger partial charge in [0.15, 0.2) is 0 Å². The summed E-state index contributed by atoms with van der Waals surface area (Å²) in [7, 11) is 0. The van der Waals surface area contributed by atoms with Gasteiger partial charge < -0.3 is 0 Å². The van der Waals surface area contributed by atoms with Crippen LogP contribution in [-0.4, -0.2) is 9.78 Å². The van der Waals surface area contributed by atoms with Crippen molar-refractivity contribution >= 4 is 0 Å². The minimum Gasteiger partial charge on any atom is -0.270 e. The molecule has 0 bridgehead atoms. The summed E-state index contributed by atoms with van der Waals surface area (Å²) in [5.74, 6) is 0. The van der Waals surface area contributed by atoms with E-state index in [0.29, 0.717) is 0 Å². The zero-order valence-corrected chi connectivity index (χ0v) is 9.27. The summed E-state index contributed by atoms with van der Waals surface area (Å²) in [6, 6.07) is 12.6. The van der Waals surface area contributed by atoms with Gasteiger partial charge in [-0.3, -0.25) is 4.68 Å². The van der Waals surface area contributed by atoms with Gasteiger partial charge in [-0.2, -0.15) is 5.10 Å². The molecule has 1 heterocycles. The molecule has 2 rings (SSSR count). The van der Waals surface area contributed by atoms with E-state index in [4.69, 9.17) is 0 Å². The average molecular weight is 200 g/mol. The Morgan fingerprint density at radius 1 is 1.20 bits per heavy atom. The van der Waals surface area contributed by atoms with Gasteiger partial charge in [0.05, 0.1) is 5.69 Å². The Balaban J connectivity index is 2.18. The summed E-state index contributed by atoms with van der Waals surface area (Å²) in [5.41, 5.74) is 3.71. The van der Waals surface area contributed by atoms with Crippen molar-refractivity contribution in [3.05, 3.63) is 53.3 Å². The number of rotatable bonds is 3. The van der Waals surface area contributed by atoms with Crippen LogP contribution in [0, 0.1) is 6.92 Å². The van der Waals surface area contributed by atoms with Crippen LogP contribution in [0.4, 0.5) is 0 Å². The van der Waals surface area contributed by atoms with Crippen molar-refractivity contribution in [1.82, 2.24) is 9.78 Å². The third kappa shape index (κ3) is 2.27. The van der Waals surface area contributed by atoms with Gasteiger partial charge in [0.1, 0.15) is 0 Å². The van der Waals surface area contributed by atoms with Crippen LogP contribution in [0.5, 0.6) is 0 Å². The van der Waals surface area contributed by atoms with Crippen LogP contribution < -0.4 is 0 Å². The predicted molar refractivity (Wildman–Crippen MR) is 61.9 cm³/mol. The Hall–Kier alpha value is -1.57. The summed E-state index contributed by atoms with van der Waals surface area (Å²) in [6.45, 7) is 5.16. The second-order valence-corrected chi connectivity index (χ2v) is 3.76. The maximum atomic E-state index is 4.54. The summed E-state index contributed by atoms with van der Waals surface area (Å²) in [4.78, 5) is 0. The molecule has 0 aliphatic heterocycles. The zero-order chi connectivity index (χ0) is 10.7. The van der Waals surface area contributed by atoms with Crippen LogP contribution in [0.2, 0.25) is 0 Å². The molecule has 0 unspecified atom stereocenters. The Morgan fingerprint density at radius 2 is 1.93 bits per heavy atom. The topological polar surface area (TPSA) is 17.8 Å². The van der Waals surface area contributed by atoms with Crippen molar-refractivity contribution in [3.63, 3.8) is 0 Å². The van der Waals surface area contributed by atoms with E-state index in [1.807, 2.05) is 10.7 Å². The van der Waals surface area contributed by atoms with E-state index in [1.54, 1.807) is 0 Å². The average Bonchev–Trinajstić information content (AvgIpc) is 2.60. The first-order valence-electron chi connectivity index (χ1n) is 5.37. The van der Waals surface area contributed by atoms with E-state index in [1.165, 1.54) is 11.3 Å². The fourth-order valence-corrected chi connectivity index (χ4v) is 1.79. The molecule has 2 nitrogen and oxygen atoms in total. The molecule has 0 amide bonds. The lowest BCUT2D eigenvalue weighted by Gasteiger charge is -1.98. The van der Waals surface area contributed by atoms with Gasteiger partial charge in [-0.15, -0.1) is 0 Å². The largest absolute Gasteiger partial charge is 0.270 e. The number of nitrogens with zero attached hydrogens (tertiary/aromatic N) is 2. The SMILES string of the molecule is CCn1nc(Cc2ccccc2)cc1C. The minimum absolute atomic E-state index is 0.925. The lowest BCUT2D eigenvalue weighted by molar-refractivity contribution is 0.631. The Labute approximate surface area is 90.6 Å². The van der Waals surface area contributed by atoms with Crippen LogP contribution in [0.3, 0.4) is 0 Å². The molecule has 2 heteroatoms. The van der Waals surface area contributed by atoms with E-state index in [-0.39, 0.29) is 0 Å². The maximum Gasteiger partial charge on any atom is 0.0671 e. The Morgan fingerprint density at radius 3 is 2.53 bits per heavy atom. The van der Waals surface area contributed by atoms with E-state index in [9.17, 15) is 0 Å². The fourth-order valence-electron chi connectivity index (χ4n) is 1.79. The van der Waals surface area contributed by atoms with Crippen molar-refractivity contribution < 1.29 is 0 Å². The van der Waals surface area contributed by atoms with Gasteiger partial charge in [-0.25, -0.2) is 0 Å². The highest BCUT2D eigenvalue weighted by molar-refractivity contribution is 5.22. The zero-order valence-electron chi connectivity index (χ0n) is 9.27. The molecule has 0 saturated carbocycles. The molecule has 0 saturated heterocycles. The molecule has 0 fully saturated rings. The van der Waals surface area contributed by atoms with Gasteiger partial charge in [0.2, 0.25) is 0 Å². The summed E-state index contributed by atoms with van der Waals surface area (Å²) >= 11 is 0. The van der Waals surface area contributed by atoms with Gasteiger partial charge in [0, 0.05) is 18.7 Å². The monoisotopic (exact) mass is 200 g/mol. The highest BCUT2D eigenvalue weighted by Crippen LogP contribution is 2.09. The number of benzene rings is 1. The molecular formula is C13H16N2. The third-order valence-electron chi connectivity index (χ3n) is 2.56. The van der Waals surface area contributed by atoms with Gasteiger partial charge in [-0.05, 0) is 25.5 Å². The van der Waals surface area contributed by atoms with Gasteiger partial charge in [0.25, 0.3) is 0 Å². The first kappa shape index (κ1) is 9.97. The standard InChI is InChI=1S/C13H16N2/c1-3-15-11(2)9-13(14-15)10-12-7-5-4-6-8-12/h4-9H,3,10H2,1-2H3. The van der Waals surface area contributed by atoms with Crippen molar-refractivity contribution in [2.45, 2.75) is 26.8 Å². The van der Waals surface area contributed by atoms with Gasteiger partial charge >= 0.3 is 0 Å². The van der Waals surface area contributed by atoms with Crippen LogP contribution >= 0.6 is 0 Å². The molecule has 0 aliphatic rings. The highest BCUT2D eigenvalue weighted by Gasteiger charge is 2.03. The summed E-state index contributed by atoms with van der Waals surface area (Å²) in [5, 5.41) is 4.54. The molecule has 0 atom stereocenters. The first-order chi connectivity index (χ1) is 7.29. The van der Waals surface area contributed by atoms with E-state index >= 15 is 0 Å². The molecule has 0 aliphatic carbocycles. The van der Waals surface area contributed by atoms with Crippen molar-refractivity contribution in [3.8, 4) is 0 Å². The molecule has 15 heavy (non-hydrogen) atoms. The summed E-state index contributed by atoms with van der Waals surface area (Å²) in [6.07, 6.45) is 0.925. The second-order valence-electron chi connectivity index (χ2n) is 3.76. The van der Waals surface area contributed by atoms with Crippen LogP contribution in [0.1, 0.15) is 23.9 Å². The molecule has 1 aromatic carbocycles. The van der Waals surface area contributed by atoms with E-state index in [0.717, 1.165) is 18.7 Å². The van der Waals surface area contributed by atoms with E-state index < -0.39 is 0 Å². The van der Waals surface area contributed by atoms with Crippen LogP contribution in [0.15, 0.2) is 36.4 Å². The number of aryl methyl sites for hydroxylation is 2. The molecule has 0 N–H and O–H groups in total. The Bertz CT molecular complexity index is 429. The first-order valence-corrected chi connectivity index (χ1v) is 5.37.